The molecule has 0 saturated carbocycles. The SMILES string of the molecule is CC(C)NC1CCN(C(=O)Cc2n[nH]c3ccccc23)CC1. The molecule has 2 aromatic rings. The fraction of sp³-hybridized carbons (Fsp3) is 0.529. The van der Waals surface area contributed by atoms with Gasteiger partial charge in [0.15, 0.2) is 0 Å². The molecule has 1 aromatic heterocycles. The molecule has 1 saturated heterocycles. The summed E-state index contributed by atoms with van der Waals surface area (Å²) in [5.74, 6) is 0.181. The second kappa shape index (κ2) is 6.48. The largest absolute Gasteiger partial charge is 0.342 e. The number of aromatic nitrogens is 2. The predicted octanol–water partition coefficient (Wildman–Crippen LogP) is 2.09. The van der Waals surface area contributed by atoms with E-state index in [0.29, 0.717) is 18.5 Å². The van der Waals surface area contributed by atoms with Crippen molar-refractivity contribution in [1.29, 1.82) is 0 Å². The molecule has 1 fully saturated rings. The van der Waals surface area contributed by atoms with Crippen LogP contribution in [0.2, 0.25) is 0 Å². The number of hydrogen-bond acceptors (Lipinski definition) is 3. The minimum atomic E-state index is 0.181. The van der Waals surface area contributed by atoms with Crippen LogP contribution >= 0.6 is 0 Å². The van der Waals surface area contributed by atoms with Crippen LogP contribution in [-0.4, -0.2) is 46.2 Å². The number of nitrogens with zero attached hydrogens (tertiary/aromatic N) is 2. The van der Waals surface area contributed by atoms with Crippen LogP contribution in [0.3, 0.4) is 0 Å². The van der Waals surface area contributed by atoms with Crippen molar-refractivity contribution in [3.05, 3.63) is 30.0 Å². The predicted molar refractivity (Wildman–Crippen MR) is 87.7 cm³/mol. The van der Waals surface area contributed by atoms with E-state index in [0.717, 1.165) is 42.5 Å². The molecule has 5 heteroatoms. The van der Waals surface area contributed by atoms with Crippen molar-refractivity contribution in [2.75, 3.05) is 13.1 Å². The van der Waals surface area contributed by atoms with E-state index >= 15 is 0 Å². The minimum Gasteiger partial charge on any atom is -0.342 e. The van der Waals surface area contributed by atoms with E-state index in [1.807, 2.05) is 29.2 Å². The van der Waals surface area contributed by atoms with Gasteiger partial charge in [-0.1, -0.05) is 32.0 Å². The van der Waals surface area contributed by atoms with Crippen molar-refractivity contribution in [2.24, 2.45) is 0 Å². The summed E-state index contributed by atoms with van der Waals surface area (Å²) in [6.45, 7) is 6.01. The summed E-state index contributed by atoms with van der Waals surface area (Å²) in [6, 6.07) is 8.99. The number of nitrogens with one attached hydrogen (secondary N) is 2. The fourth-order valence-electron chi connectivity index (χ4n) is 3.18. The molecule has 3 rings (SSSR count). The van der Waals surface area contributed by atoms with Crippen molar-refractivity contribution in [3.8, 4) is 0 Å². The zero-order valence-electron chi connectivity index (χ0n) is 13.3. The molecule has 5 nitrogen and oxygen atoms in total. The second-order valence-corrected chi connectivity index (χ2v) is 6.37. The van der Waals surface area contributed by atoms with Gasteiger partial charge in [-0.15, -0.1) is 0 Å². The maximum absolute atomic E-state index is 12.5. The summed E-state index contributed by atoms with van der Waals surface area (Å²) in [7, 11) is 0. The standard InChI is InChI=1S/C17H24N4O/c1-12(2)18-13-7-9-21(10-8-13)17(22)11-16-14-5-3-4-6-15(14)19-20-16/h3-6,12-13,18H,7-11H2,1-2H3,(H,19,20). The molecule has 2 heterocycles. The Hall–Kier alpha value is -1.88. The average Bonchev–Trinajstić information content (AvgIpc) is 2.91. The molecule has 22 heavy (non-hydrogen) atoms. The summed E-state index contributed by atoms with van der Waals surface area (Å²) in [5, 5.41) is 11.9. The van der Waals surface area contributed by atoms with Crippen LogP contribution in [0, 0.1) is 0 Å². The Balaban J connectivity index is 1.59. The number of fused-ring (bicyclic) bond motifs is 1. The van der Waals surface area contributed by atoms with Crippen molar-refractivity contribution in [3.63, 3.8) is 0 Å². The van der Waals surface area contributed by atoms with E-state index in [2.05, 4.69) is 29.4 Å². The van der Waals surface area contributed by atoms with Gasteiger partial charge >= 0.3 is 0 Å². The molecule has 0 unspecified atom stereocenters. The number of benzene rings is 1. The van der Waals surface area contributed by atoms with Gasteiger partial charge < -0.3 is 10.2 Å². The number of aromatic amines is 1. The van der Waals surface area contributed by atoms with Gasteiger partial charge in [-0.25, -0.2) is 0 Å². The second-order valence-electron chi connectivity index (χ2n) is 6.37. The number of amides is 1. The van der Waals surface area contributed by atoms with Crippen LogP contribution in [0.5, 0.6) is 0 Å². The highest BCUT2D eigenvalue weighted by molar-refractivity contribution is 5.87. The lowest BCUT2D eigenvalue weighted by Crippen LogP contribution is -2.47. The first-order valence-electron chi connectivity index (χ1n) is 8.09. The zero-order valence-corrected chi connectivity index (χ0v) is 13.3. The Morgan fingerprint density at radius 1 is 1.36 bits per heavy atom. The lowest BCUT2D eigenvalue weighted by atomic mass is 10.0. The normalized spacial score (nSPS) is 16.6. The van der Waals surface area contributed by atoms with Gasteiger partial charge in [0.2, 0.25) is 5.91 Å². The zero-order chi connectivity index (χ0) is 15.5. The molecule has 0 bridgehead atoms. The van der Waals surface area contributed by atoms with Crippen LogP contribution in [-0.2, 0) is 11.2 Å². The third-order valence-electron chi connectivity index (χ3n) is 4.28. The van der Waals surface area contributed by atoms with E-state index in [-0.39, 0.29) is 5.91 Å². The quantitative estimate of drug-likeness (QED) is 0.909. The molecule has 0 radical (unpaired) electrons. The number of H-pyrrole nitrogens is 1. The highest BCUT2D eigenvalue weighted by atomic mass is 16.2. The Kier molecular flexibility index (Phi) is 4.43. The van der Waals surface area contributed by atoms with Gasteiger partial charge in [-0.05, 0) is 18.9 Å². The lowest BCUT2D eigenvalue weighted by Gasteiger charge is -2.33. The van der Waals surface area contributed by atoms with Crippen LogP contribution in [0.1, 0.15) is 32.4 Å². The van der Waals surface area contributed by atoms with Crippen molar-refractivity contribution >= 4 is 16.8 Å². The van der Waals surface area contributed by atoms with E-state index < -0.39 is 0 Å². The summed E-state index contributed by atoms with van der Waals surface area (Å²) >= 11 is 0. The number of carbonyl (C=O) groups is 1. The molecule has 0 spiro atoms. The van der Waals surface area contributed by atoms with Gasteiger partial charge in [-0.3, -0.25) is 9.89 Å². The first kappa shape index (κ1) is 15.0. The number of para-hydroxylation sites is 1. The Bertz CT molecular complexity index is 641. The number of likely N-dealkylation sites (tertiary alicyclic amines) is 1. The molecular weight excluding hydrogens is 276 g/mol. The van der Waals surface area contributed by atoms with Gasteiger partial charge in [0.25, 0.3) is 0 Å². The average molecular weight is 300 g/mol. The van der Waals surface area contributed by atoms with E-state index in [1.165, 1.54) is 0 Å². The smallest absolute Gasteiger partial charge is 0.228 e. The highest BCUT2D eigenvalue weighted by Gasteiger charge is 2.23. The van der Waals surface area contributed by atoms with Crippen molar-refractivity contribution in [2.45, 2.75) is 45.2 Å². The first-order valence-corrected chi connectivity index (χ1v) is 8.09. The first-order chi connectivity index (χ1) is 10.6. The summed E-state index contributed by atoms with van der Waals surface area (Å²) < 4.78 is 0. The van der Waals surface area contributed by atoms with Crippen LogP contribution in [0.25, 0.3) is 10.9 Å². The number of rotatable bonds is 4. The topological polar surface area (TPSA) is 61.0 Å². The molecule has 1 aliphatic heterocycles. The molecule has 0 aliphatic carbocycles. The van der Waals surface area contributed by atoms with Gasteiger partial charge in [0.05, 0.1) is 17.6 Å². The third kappa shape index (κ3) is 3.30. The van der Waals surface area contributed by atoms with Gasteiger partial charge in [-0.2, -0.15) is 5.10 Å². The maximum atomic E-state index is 12.5. The van der Waals surface area contributed by atoms with Crippen LogP contribution in [0.15, 0.2) is 24.3 Å². The Morgan fingerprint density at radius 2 is 2.09 bits per heavy atom. The van der Waals surface area contributed by atoms with E-state index in [1.54, 1.807) is 0 Å². The third-order valence-corrected chi connectivity index (χ3v) is 4.28. The van der Waals surface area contributed by atoms with E-state index in [9.17, 15) is 4.79 Å². The summed E-state index contributed by atoms with van der Waals surface area (Å²) in [5.41, 5.74) is 1.84. The van der Waals surface area contributed by atoms with Crippen LogP contribution in [0.4, 0.5) is 0 Å². The molecule has 118 valence electrons. The Labute approximate surface area is 131 Å². The summed E-state index contributed by atoms with van der Waals surface area (Å²) in [6.07, 6.45) is 2.45. The molecule has 1 aliphatic rings. The Morgan fingerprint density at radius 3 is 2.82 bits per heavy atom. The molecule has 1 aromatic carbocycles. The monoisotopic (exact) mass is 300 g/mol. The summed E-state index contributed by atoms with van der Waals surface area (Å²) in [4.78, 5) is 14.5. The molecule has 1 amide bonds. The fourth-order valence-corrected chi connectivity index (χ4v) is 3.18. The van der Waals surface area contributed by atoms with Crippen LogP contribution < -0.4 is 5.32 Å². The molecule has 2 N–H and O–H groups in total. The van der Waals surface area contributed by atoms with Crippen molar-refractivity contribution in [1.82, 2.24) is 20.4 Å². The number of piperidine rings is 1. The lowest BCUT2D eigenvalue weighted by molar-refractivity contribution is -0.131. The number of hydrogen-bond donors (Lipinski definition) is 2. The van der Waals surface area contributed by atoms with Crippen molar-refractivity contribution < 1.29 is 4.79 Å². The van der Waals surface area contributed by atoms with E-state index in [4.69, 9.17) is 0 Å². The highest BCUT2D eigenvalue weighted by Crippen LogP contribution is 2.18. The maximum Gasteiger partial charge on any atom is 0.228 e. The van der Waals surface area contributed by atoms with Gasteiger partial charge in [0, 0.05) is 30.6 Å². The number of carbonyl (C=O) groups excluding carboxylic acids is 1. The molecule has 0 atom stereocenters. The molecular formula is C17H24N4O. The van der Waals surface area contributed by atoms with Gasteiger partial charge in [0.1, 0.15) is 0 Å². The minimum absolute atomic E-state index is 0.181.